The van der Waals surface area contributed by atoms with Crippen LogP contribution in [0.15, 0.2) is 108 Å². The molecule has 0 aliphatic rings. The molecule has 0 aliphatic heterocycles. The van der Waals surface area contributed by atoms with E-state index in [2.05, 4.69) is 5.32 Å². The van der Waals surface area contributed by atoms with Gasteiger partial charge in [-0.25, -0.2) is 8.42 Å². The molecule has 7 nitrogen and oxygen atoms in total. The summed E-state index contributed by atoms with van der Waals surface area (Å²) in [6, 6.07) is 27.9. The highest BCUT2D eigenvalue weighted by atomic mass is 35.5. The lowest BCUT2D eigenvalue weighted by atomic mass is 10.0. The maximum absolute atomic E-state index is 14.4. The molecule has 10 heteroatoms. The molecule has 0 fully saturated rings. The van der Waals surface area contributed by atoms with E-state index in [-0.39, 0.29) is 35.5 Å². The molecule has 0 aromatic heterocycles. The minimum Gasteiger partial charge on any atom is -0.352 e. The van der Waals surface area contributed by atoms with Crippen LogP contribution >= 0.6 is 23.2 Å². The van der Waals surface area contributed by atoms with Gasteiger partial charge < -0.3 is 10.2 Å². The molecule has 4 aromatic carbocycles. The highest BCUT2D eigenvalue weighted by Crippen LogP contribution is 2.27. The molecule has 0 bridgehead atoms. The number of amides is 2. The van der Waals surface area contributed by atoms with Crippen molar-refractivity contribution in [2.24, 2.45) is 0 Å². The van der Waals surface area contributed by atoms with Crippen molar-refractivity contribution in [3.63, 3.8) is 0 Å². The SMILES string of the molecule is Cc1ccc(S(=O)(=O)N(CC(=O)N(Cc2cccc(Cl)c2)[C@H](Cc2ccccc2)C(=O)NC(C)C)c2ccc(Cl)cc2)cc1. The summed E-state index contributed by atoms with van der Waals surface area (Å²) >= 11 is 12.4. The molecular weight excluding hydrogens is 617 g/mol. The van der Waals surface area contributed by atoms with Gasteiger partial charge in [0.15, 0.2) is 0 Å². The van der Waals surface area contributed by atoms with Crippen molar-refractivity contribution in [2.75, 3.05) is 10.8 Å². The number of aryl methyl sites for hydroxylation is 1. The zero-order chi connectivity index (χ0) is 31.9. The van der Waals surface area contributed by atoms with E-state index in [1.165, 1.54) is 17.0 Å². The van der Waals surface area contributed by atoms with Crippen molar-refractivity contribution < 1.29 is 18.0 Å². The number of carbonyl (C=O) groups is 2. The largest absolute Gasteiger partial charge is 0.352 e. The minimum atomic E-state index is -4.19. The Hall–Kier alpha value is -3.85. The van der Waals surface area contributed by atoms with Crippen LogP contribution in [0.25, 0.3) is 0 Å². The third-order valence-electron chi connectivity index (χ3n) is 6.95. The zero-order valence-electron chi connectivity index (χ0n) is 24.8. The van der Waals surface area contributed by atoms with E-state index >= 15 is 0 Å². The fraction of sp³-hybridized carbons (Fsp3) is 0.235. The van der Waals surface area contributed by atoms with E-state index in [1.807, 2.05) is 57.2 Å². The molecule has 0 aliphatic carbocycles. The number of carbonyl (C=O) groups excluding carboxylic acids is 2. The molecule has 1 N–H and O–H groups in total. The smallest absolute Gasteiger partial charge is 0.264 e. The zero-order valence-corrected chi connectivity index (χ0v) is 27.1. The summed E-state index contributed by atoms with van der Waals surface area (Å²) in [5, 5.41) is 3.84. The predicted octanol–water partition coefficient (Wildman–Crippen LogP) is 6.66. The van der Waals surface area contributed by atoms with Crippen LogP contribution in [0.1, 0.15) is 30.5 Å². The normalized spacial score (nSPS) is 12.0. The maximum Gasteiger partial charge on any atom is 0.264 e. The Morgan fingerprint density at radius 3 is 2.05 bits per heavy atom. The van der Waals surface area contributed by atoms with Gasteiger partial charge in [-0.05, 0) is 80.4 Å². The number of nitrogens with zero attached hydrogens (tertiary/aromatic N) is 2. The monoisotopic (exact) mass is 651 g/mol. The third kappa shape index (κ3) is 8.62. The van der Waals surface area contributed by atoms with Gasteiger partial charge in [-0.3, -0.25) is 13.9 Å². The van der Waals surface area contributed by atoms with E-state index < -0.39 is 28.5 Å². The Kier molecular flexibility index (Phi) is 11.1. The van der Waals surface area contributed by atoms with Crippen molar-refractivity contribution in [1.29, 1.82) is 0 Å². The first kappa shape index (κ1) is 33.1. The van der Waals surface area contributed by atoms with Crippen molar-refractivity contribution >= 4 is 50.7 Å². The molecule has 0 heterocycles. The number of hydrogen-bond acceptors (Lipinski definition) is 4. The molecule has 0 unspecified atom stereocenters. The molecule has 230 valence electrons. The van der Waals surface area contributed by atoms with Gasteiger partial charge in [-0.2, -0.15) is 0 Å². The van der Waals surface area contributed by atoms with Gasteiger partial charge in [0.05, 0.1) is 10.6 Å². The highest BCUT2D eigenvalue weighted by molar-refractivity contribution is 7.92. The number of sulfonamides is 1. The molecule has 2 amide bonds. The number of halogens is 2. The third-order valence-corrected chi connectivity index (χ3v) is 9.22. The van der Waals surface area contributed by atoms with E-state index in [4.69, 9.17) is 23.2 Å². The second-order valence-corrected chi connectivity index (χ2v) is 13.6. The van der Waals surface area contributed by atoms with Crippen molar-refractivity contribution in [3.8, 4) is 0 Å². The van der Waals surface area contributed by atoms with Crippen LogP contribution in [0.2, 0.25) is 10.0 Å². The lowest BCUT2D eigenvalue weighted by Crippen LogP contribution is -2.54. The number of anilines is 1. The molecule has 0 saturated heterocycles. The van der Waals surface area contributed by atoms with Crippen molar-refractivity contribution in [1.82, 2.24) is 10.2 Å². The number of nitrogens with one attached hydrogen (secondary N) is 1. The standard InChI is InChI=1S/C34H35Cl2N3O4S/c1-24(2)37-34(41)32(21-26-8-5-4-6-9-26)38(22-27-10-7-11-29(36)20-27)33(40)23-39(30-16-14-28(35)15-17-30)44(42,43)31-18-12-25(3)13-19-31/h4-20,24,32H,21-23H2,1-3H3,(H,37,41)/t32-/m1/s1. The molecule has 0 radical (unpaired) electrons. The average Bonchev–Trinajstić information content (AvgIpc) is 2.98. The molecule has 4 rings (SSSR count). The van der Waals surface area contributed by atoms with Gasteiger partial charge in [0.25, 0.3) is 10.0 Å². The Labute approximate surface area is 269 Å². The molecule has 1 atom stereocenters. The maximum atomic E-state index is 14.4. The van der Waals surface area contributed by atoms with Crippen LogP contribution in [-0.2, 0) is 32.6 Å². The van der Waals surface area contributed by atoms with Crippen LogP contribution in [0.3, 0.4) is 0 Å². The van der Waals surface area contributed by atoms with Crippen molar-refractivity contribution in [3.05, 3.63) is 130 Å². The van der Waals surface area contributed by atoms with Crippen LogP contribution < -0.4 is 9.62 Å². The average molecular weight is 653 g/mol. The number of rotatable bonds is 12. The van der Waals surface area contributed by atoms with Crippen LogP contribution in [-0.4, -0.2) is 43.8 Å². The molecular formula is C34H35Cl2N3O4S. The molecule has 0 spiro atoms. The summed E-state index contributed by atoms with van der Waals surface area (Å²) in [5.74, 6) is -0.908. The predicted molar refractivity (Wildman–Crippen MR) is 176 cm³/mol. The van der Waals surface area contributed by atoms with E-state index in [9.17, 15) is 18.0 Å². The number of hydrogen-bond donors (Lipinski definition) is 1. The molecule has 44 heavy (non-hydrogen) atoms. The Morgan fingerprint density at radius 1 is 0.795 bits per heavy atom. The lowest BCUT2D eigenvalue weighted by molar-refractivity contribution is -0.140. The first-order valence-corrected chi connectivity index (χ1v) is 16.4. The quantitative estimate of drug-likeness (QED) is 0.186. The van der Waals surface area contributed by atoms with Gasteiger partial charge in [0.2, 0.25) is 11.8 Å². The Morgan fingerprint density at radius 2 is 1.43 bits per heavy atom. The van der Waals surface area contributed by atoms with E-state index in [0.29, 0.717) is 15.6 Å². The van der Waals surface area contributed by atoms with Crippen molar-refractivity contribution in [2.45, 2.75) is 50.7 Å². The van der Waals surface area contributed by atoms with E-state index in [1.54, 1.807) is 54.6 Å². The summed E-state index contributed by atoms with van der Waals surface area (Å²) in [6.07, 6.45) is 0.220. The topological polar surface area (TPSA) is 86.8 Å². The highest BCUT2D eigenvalue weighted by Gasteiger charge is 2.34. The van der Waals surface area contributed by atoms with Crippen LogP contribution in [0.4, 0.5) is 5.69 Å². The summed E-state index contributed by atoms with van der Waals surface area (Å²) < 4.78 is 29.2. The molecule has 4 aromatic rings. The van der Waals surface area contributed by atoms with Gasteiger partial charge in [0.1, 0.15) is 12.6 Å². The number of benzene rings is 4. The first-order valence-electron chi connectivity index (χ1n) is 14.2. The van der Waals surface area contributed by atoms with Gasteiger partial charge in [0, 0.05) is 29.1 Å². The summed E-state index contributed by atoms with van der Waals surface area (Å²) in [6.45, 7) is 5.02. The fourth-order valence-corrected chi connectivity index (χ4v) is 6.49. The Bertz CT molecular complexity index is 1680. The minimum absolute atomic E-state index is 0.0292. The Balaban J connectivity index is 1.80. The van der Waals surface area contributed by atoms with Crippen LogP contribution in [0.5, 0.6) is 0 Å². The van der Waals surface area contributed by atoms with Gasteiger partial charge in [-0.1, -0.05) is 83.4 Å². The van der Waals surface area contributed by atoms with Crippen LogP contribution in [0, 0.1) is 6.92 Å². The summed E-state index contributed by atoms with van der Waals surface area (Å²) in [7, 11) is -4.19. The second kappa shape index (κ2) is 14.8. The van der Waals surface area contributed by atoms with Gasteiger partial charge in [-0.15, -0.1) is 0 Å². The lowest BCUT2D eigenvalue weighted by Gasteiger charge is -2.34. The van der Waals surface area contributed by atoms with E-state index in [0.717, 1.165) is 15.4 Å². The second-order valence-electron chi connectivity index (χ2n) is 10.8. The fourth-order valence-electron chi connectivity index (χ4n) is 4.74. The first-order chi connectivity index (χ1) is 20.9. The summed E-state index contributed by atoms with van der Waals surface area (Å²) in [5.41, 5.74) is 2.70. The molecule has 0 saturated carbocycles. The van der Waals surface area contributed by atoms with Gasteiger partial charge >= 0.3 is 0 Å². The summed E-state index contributed by atoms with van der Waals surface area (Å²) in [4.78, 5) is 29.6.